The zero-order valence-electron chi connectivity index (χ0n) is 13.1. The number of rotatable bonds is 6. The molecule has 0 unspecified atom stereocenters. The molecule has 1 amide bonds. The van der Waals surface area contributed by atoms with Gasteiger partial charge in [0.25, 0.3) is 5.91 Å². The van der Waals surface area contributed by atoms with Crippen molar-refractivity contribution in [2.75, 3.05) is 21.3 Å². The van der Waals surface area contributed by atoms with E-state index in [9.17, 15) is 4.79 Å². The lowest BCUT2D eigenvalue weighted by Gasteiger charge is -2.11. The molecule has 0 aliphatic carbocycles. The molecule has 7 heteroatoms. The molecule has 0 radical (unpaired) electrons. The number of amides is 1. The number of benzene rings is 1. The first-order chi connectivity index (χ1) is 11.2. The number of methoxy groups -OCH3 is 3. The van der Waals surface area contributed by atoms with E-state index in [1.165, 1.54) is 26.6 Å². The van der Waals surface area contributed by atoms with Gasteiger partial charge >= 0.3 is 0 Å². The van der Waals surface area contributed by atoms with E-state index in [4.69, 9.17) is 14.2 Å². The lowest BCUT2D eigenvalue weighted by molar-refractivity contribution is 0.0954. The largest absolute Gasteiger partial charge is 0.496 e. The zero-order valence-corrected chi connectivity index (χ0v) is 13.1. The van der Waals surface area contributed by atoms with E-state index >= 15 is 0 Å². The van der Waals surface area contributed by atoms with E-state index < -0.39 is 0 Å². The maximum atomic E-state index is 11.9. The average molecular weight is 315 g/mol. The van der Waals surface area contributed by atoms with Crippen molar-refractivity contribution >= 4 is 12.1 Å². The van der Waals surface area contributed by atoms with Gasteiger partial charge in [0.05, 0.1) is 33.1 Å². The van der Waals surface area contributed by atoms with Crippen LogP contribution in [0.25, 0.3) is 0 Å². The highest BCUT2D eigenvalue weighted by atomic mass is 16.5. The van der Waals surface area contributed by atoms with Crippen molar-refractivity contribution in [1.82, 2.24) is 10.4 Å². The summed E-state index contributed by atoms with van der Waals surface area (Å²) in [6.07, 6.45) is 4.52. The zero-order chi connectivity index (χ0) is 16.7. The van der Waals surface area contributed by atoms with E-state index in [0.29, 0.717) is 28.4 Å². The van der Waals surface area contributed by atoms with Gasteiger partial charge in [0, 0.05) is 24.0 Å². The number of nitrogens with one attached hydrogen (secondary N) is 1. The van der Waals surface area contributed by atoms with Crippen LogP contribution in [0.5, 0.6) is 17.2 Å². The predicted octanol–water partition coefficient (Wildman–Crippen LogP) is 1.87. The van der Waals surface area contributed by atoms with Crippen LogP contribution in [-0.2, 0) is 0 Å². The molecule has 1 heterocycles. The van der Waals surface area contributed by atoms with E-state index in [-0.39, 0.29) is 5.91 Å². The highest BCUT2D eigenvalue weighted by Gasteiger charge is 2.10. The van der Waals surface area contributed by atoms with Crippen molar-refractivity contribution < 1.29 is 19.0 Å². The minimum atomic E-state index is -0.353. The number of carbonyl (C=O) groups excluding carboxylic acids is 1. The molecule has 0 spiro atoms. The van der Waals surface area contributed by atoms with Gasteiger partial charge in [-0.15, -0.1) is 0 Å². The number of hydrogen-bond acceptors (Lipinski definition) is 6. The number of pyridine rings is 1. The summed E-state index contributed by atoms with van der Waals surface area (Å²) in [6, 6.07) is 6.71. The van der Waals surface area contributed by atoms with Gasteiger partial charge < -0.3 is 14.2 Å². The summed E-state index contributed by atoms with van der Waals surface area (Å²) in [6.45, 7) is 0. The molecule has 1 aromatic carbocycles. The summed E-state index contributed by atoms with van der Waals surface area (Å²) in [5.74, 6) is 1.27. The Morgan fingerprint density at radius 3 is 2.43 bits per heavy atom. The van der Waals surface area contributed by atoms with Gasteiger partial charge in [-0.2, -0.15) is 5.10 Å². The van der Waals surface area contributed by atoms with E-state index in [0.717, 1.165) is 0 Å². The maximum Gasteiger partial charge on any atom is 0.272 e. The molecular weight excluding hydrogens is 298 g/mol. The minimum Gasteiger partial charge on any atom is -0.496 e. The highest BCUT2D eigenvalue weighted by molar-refractivity contribution is 5.94. The summed E-state index contributed by atoms with van der Waals surface area (Å²) in [7, 11) is 4.61. The van der Waals surface area contributed by atoms with E-state index in [1.807, 2.05) is 0 Å². The van der Waals surface area contributed by atoms with Gasteiger partial charge in [-0.25, -0.2) is 5.43 Å². The molecule has 1 N–H and O–H groups in total. The first-order valence-electron chi connectivity index (χ1n) is 6.73. The van der Waals surface area contributed by atoms with Crippen LogP contribution in [-0.4, -0.2) is 38.4 Å². The van der Waals surface area contributed by atoms with Crippen molar-refractivity contribution in [1.29, 1.82) is 0 Å². The molecule has 0 atom stereocenters. The quantitative estimate of drug-likeness (QED) is 0.650. The van der Waals surface area contributed by atoms with Crippen molar-refractivity contribution in [3.8, 4) is 17.2 Å². The third kappa shape index (κ3) is 3.97. The molecule has 0 aliphatic heterocycles. The van der Waals surface area contributed by atoms with Gasteiger partial charge in [-0.1, -0.05) is 0 Å². The Balaban J connectivity index is 2.17. The second kappa shape index (κ2) is 7.79. The number of ether oxygens (including phenoxy) is 3. The second-order valence-electron chi connectivity index (χ2n) is 4.39. The van der Waals surface area contributed by atoms with Crippen LogP contribution in [0.1, 0.15) is 15.9 Å². The number of carbonyl (C=O) groups is 1. The molecule has 23 heavy (non-hydrogen) atoms. The van der Waals surface area contributed by atoms with Crippen LogP contribution in [0.4, 0.5) is 0 Å². The minimum absolute atomic E-state index is 0.353. The monoisotopic (exact) mass is 315 g/mol. The molecule has 0 aliphatic rings. The Labute approximate surface area is 133 Å². The fourth-order valence-electron chi connectivity index (χ4n) is 1.88. The number of hydrazone groups is 1. The van der Waals surface area contributed by atoms with Gasteiger partial charge in [0.2, 0.25) is 0 Å². The number of hydrogen-bond donors (Lipinski definition) is 1. The molecule has 2 aromatic rings. The normalized spacial score (nSPS) is 10.4. The molecule has 0 saturated carbocycles. The topological polar surface area (TPSA) is 82.0 Å². The fourth-order valence-corrected chi connectivity index (χ4v) is 1.88. The van der Waals surface area contributed by atoms with Crippen LogP contribution in [0.2, 0.25) is 0 Å². The van der Waals surface area contributed by atoms with Gasteiger partial charge in [-0.05, 0) is 18.2 Å². The van der Waals surface area contributed by atoms with Crippen LogP contribution in [0.15, 0.2) is 41.8 Å². The van der Waals surface area contributed by atoms with Gasteiger partial charge in [-0.3, -0.25) is 9.78 Å². The van der Waals surface area contributed by atoms with Crippen molar-refractivity contribution in [3.05, 3.63) is 47.8 Å². The van der Waals surface area contributed by atoms with E-state index in [1.54, 1.807) is 37.6 Å². The number of nitrogens with zero attached hydrogens (tertiary/aromatic N) is 2. The molecule has 1 aromatic heterocycles. The Morgan fingerprint density at radius 1 is 1.13 bits per heavy atom. The lowest BCUT2D eigenvalue weighted by atomic mass is 10.2. The Morgan fingerprint density at radius 2 is 1.83 bits per heavy atom. The molecule has 120 valence electrons. The Hall–Kier alpha value is -3.09. The maximum absolute atomic E-state index is 11.9. The summed E-state index contributed by atoms with van der Waals surface area (Å²) >= 11 is 0. The summed E-state index contributed by atoms with van der Waals surface area (Å²) in [5.41, 5.74) is 3.48. The van der Waals surface area contributed by atoms with Crippen LogP contribution < -0.4 is 19.6 Å². The summed E-state index contributed by atoms with van der Waals surface area (Å²) in [5, 5.41) is 3.93. The number of aromatic nitrogens is 1. The third-order valence-electron chi connectivity index (χ3n) is 3.03. The fraction of sp³-hybridized carbons (Fsp3) is 0.188. The Bertz CT molecular complexity index is 702. The molecule has 0 fully saturated rings. The second-order valence-corrected chi connectivity index (χ2v) is 4.39. The molecule has 0 saturated heterocycles. The Kier molecular flexibility index (Phi) is 5.51. The summed E-state index contributed by atoms with van der Waals surface area (Å²) < 4.78 is 15.7. The SMILES string of the molecule is COc1cc(OC)c(OC)cc1C=NNC(=O)c1cccnc1. The smallest absolute Gasteiger partial charge is 0.272 e. The molecule has 2 rings (SSSR count). The predicted molar refractivity (Wildman–Crippen MR) is 85.4 cm³/mol. The van der Waals surface area contributed by atoms with Crippen molar-refractivity contribution in [2.24, 2.45) is 5.10 Å². The van der Waals surface area contributed by atoms with Crippen LogP contribution >= 0.6 is 0 Å². The molecule has 7 nitrogen and oxygen atoms in total. The standard InChI is InChI=1S/C16H17N3O4/c1-21-13-8-15(23-3)14(22-2)7-12(13)10-18-19-16(20)11-5-4-6-17-9-11/h4-10H,1-3H3,(H,19,20). The summed E-state index contributed by atoms with van der Waals surface area (Å²) in [4.78, 5) is 15.8. The average Bonchev–Trinajstić information content (AvgIpc) is 2.61. The van der Waals surface area contributed by atoms with Crippen LogP contribution in [0, 0.1) is 0 Å². The van der Waals surface area contributed by atoms with Gasteiger partial charge in [0.1, 0.15) is 5.75 Å². The molecule has 0 bridgehead atoms. The van der Waals surface area contributed by atoms with Crippen molar-refractivity contribution in [3.63, 3.8) is 0 Å². The van der Waals surface area contributed by atoms with E-state index in [2.05, 4.69) is 15.5 Å². The molecular formula is C16H17N3O4. The lowest BCUT2D eigenvalue weighted by Crippen LogP contribution is -2.17. The first kappa shape index (κ1) is 16.3. The third-order valence-corrected chi connectivity index (χ3v) is 3.03. The highest BCUT2D eigenvalue weighted by Crippen LogP contribution is 2.33. The van der Waals surface area contributed by atoms with Gasteiger partial charge in [0.15, 0.2) is 11.5 Å². The van der Waals surface area contributed by atoms with Crippen molar-refractivity contribution in [2.45, 2.75) is 0 Å². The van der Waals surface area contributed by atoms with Crippen LogP contribution in [0.3, 0.4) is 0 Å². The first-order valence-corrected chi connectivity index (χ1v) is 6.73.